The fraction of sp³-hybridized carbons (Fsp3) is 0.200. The highest BCUT2D eigenvalue weighted by Gasteiger charge is 2.26. The van der Waals surface area contributed by atoms with E-state index in [-0.39, 0.29) is 11.6 Å². The maximum absolute atomic E-state index is 12.3. The summed E-state index contributed by atoms with van der Waals surface area (Å²) in [6.45, 7) is 0. The zero-order valence-corrected chi connectivity index (χ0v) is 15.4. The van der Waals surface area contributed by atoms with Crippen molar-refractivity contribution in [2.24, 2.45) is 4.99 Å². The summed E-state index contributed by atoms with van der Waals surface area (Å²) < 4.78 is 26.6. The molecular formula is C20H19NO6. The van der Waals surface area contributed by atoms with Crippen molar-refractivity contribution in [3.8, 4) is 23.0 Å². The third kappa shape index (κ3) is 3.57. The number of carbonyl (C=O) groups excluding carboxylic acids is 1. The highest BCUT2D eigenvalue weighted by atomic mass is 16.6. The lowest BCUT2D eigenvalue weighted by Crippen LogP contribution is -2.06. The Bertz CT molecular complexity index is 907. The van der Waals surface area contributed by atoms with Crippen molar-refractivity contribution in [2.45, 2.75) is 0 Å². The van der Waals surface area contributed by atoms with E-state index in [9.17, 15) is 4.79 Å². The molecule has 3 rings (SSSR count). The molecule has 7 nitrogen and oxygen atoms in total. The number of hydrogen-bond acceptors (Lipinski definition) is 7. The molecule has 0 spiro atoms. The van der Waals surface area contributed by atoms with Crippen LogP contribution in [-0.4, -0.2) is 40.3 Å². The minimum atomic E-state index is -0.551. The summed E-state index contributed by atoms with van der Waals surface area (Å²) in [5.41, 5.74) is 1.41. The molecule has 0 fully saturated rings. The second-order valence-electron chi connectivity index (χ2n) is 5.50. The molecule has 2 aromatic carbocycles. The third-order valence-electron chi connectivity index (χ3n) is 3.95. The van der Waals surface area contributed by atoms with E-state index in [1.807, 2.05) is 12.1 Å². The van der Waals surface area contributed by atoms with E-state index in [0.717, 1.165) is 0 Å². The smallest absolute Gasteiger partial charge is 0.363 e. The number of hydrogen-bond donors (Lipinski definition) is 0. The summed E-state index contributed by atoms with van der Waals surface area (Å²) in [7, 11) is 6.12. The summed E-state index contributed by atoms with van der Waals surface area (Å²) in [6, 6.07) is 10.6. The van der Waals surface area contributed by atoms with Gasteiger partial charge in [0.15, 0.2) is 17.2 Å². The van der Waals surface area contributed by atoms with Gasteiger partial charge in [-0.1, -0.05) is 12.1 Å². The number of para-hydroxylation sites is 1. The molecule has 2 aromatic rings. The Kier molecular flexibility index (Phi) is 5.30. The molecule has 1 heterocycles. The van der Waals surface area contributed by atoms with Gasteiger partial charge in [-0.15, -0.1) is 0 Å². The molecule has 0 unspecified atom stereocenters. The lowest BCUT2D eigenvalue weighted by atomic mass is 10.1. The molecule has 0 bridgehead atoms. The predicted molar refractivity (Wildman–Crippen MR) is 99.7 cm³/mol. The standard InChI is InChI=1S/C20H19NO6/c1-23-15-8-6-5-7-13(15)19-21-14(20(22)27-19)9-12-10-16(24-2)18(26-4)17(11-12)25-3/h5-11H,1-4H3/b14-9+. The second kappa shape index (κ2) is 7.82. The Labute approximate surface area is 156 Å². The van der Waals surface area contributed by atoms with Crippen LogP contribution < -0.4 is 18.9 Å². The average Bonchev–Trinajstić information content (AvgIpc) is 3.07. The molecule has 7 heteroatoms. The fourth-order valence-corrected chi connectivity index (χ4v) is 2.69. The first kappa shape index (κ1) is 18.3. The zero-order chi connectivity index (χ0) is 19.4. The maximum atomic E-state index is 12.3. The van der Waals surface area contributed by atoms with Gasteiger partial charge in [0.05, 0.1) is 34.0 Å². The van der Waals surface area contributed by atoms with E-state index in [0.29, 0.717) is 34.1 Å². The molecule has 0 saturated carbocycles. The van der Waals surface area contributed by atoms with Crippen LogP contribution in [0.2, 0.25) is 0 Å². The summed E-state index contributed by atoms with van der Waals surface area (Å²) in [6.07, 6.45) is 1.59. The number of carbonyl (C=O) groups is 1. The van der Waals surface area contributed by atoms with Crippen LogP contribution in [0.3, 0.4) is 0 Å². The van der Waals surface area contributed by atoms with Crippen molar-refractivity contribution in [3.63, 3.8) is 0 Å². The first-order valence-corrected chi connectivity index (χ1v) is 8.07. The van der Waals surface area contributed by atoms with Crippen LogP contribution in [0.1, 0.15) is 11.1 Å². The molecule has 0 aromatic heterocycles. The first-order chi connectivity index (χ1) is 13.1. The summed E-state index contributed by atoms with van der Waals surface area (Å²) in [4.78, 5) is 16.6. The van der Waals surface area contributed by atoms with Gasteiger partial charge >= 0.3 is 5.97 Å². The fourth-order valence-electron chi connectivity index (χ4n) is 2.69. The molecular weight excluding hydrogens is 350 g/mol. The monoisotopic (exact) mass is 369 g/mol. The van der Waals surface area contributed by atoms with Gasteiger partial charge in [-0.2, -0.15) is 0 Å². The van der Waals surface area contributed by atoms with Crippen LogP contribution in [0.4, 0.5) is 0 Å². The number of ether oxygens (including phenoxy) is 5. The first-order valence-electron chi connectivity index (χ1n) is 8.07. The number of methoxy groups -OCH3 is 4. The molecule has 1 aliphatic heterocycles. The van der Waals surface area contributed by atoms with Crippen LogP contribution in [0.15, 0.2) is 47.1 Å². The van der Waals surface area contributed by atoms with E-state index in [4.69, 9.17) is 23.7 Å². The number of benzene rings is 2. The minimum Gasteiger partial charge on any atom is -0.496 e. The van der Waals surface area contributed by atoms with E-state index in [1.54, 1.807) is 37.5 Å². The van der Waals surface area contributed by atoms with Gasteiger partial charge in [-0.05, 0) is 35.9 Å². The second-order valence-corrected chi connectivity index (χ2v) is 5.50. The Morgan fingerprint density at radius 3 is 2.11 bits per heavy atom. The Morgan fingerprint density at radius 2 is 1.52 bits per heavy atom. The van der Waals surface area contributed by atoms with Crippen molar-refractivity contribution in [1.29, 1.82) is 0 Å². The quantitative estimate of drug-likeness (QED) is 0.575. The predicted octanol–water partition coefficient (Wildman–Crippen LogP) is 3.07. The van der Waals surface area contributed by atoms with Crippen molar-refractivity contribution in [2.75, 3.05) is 28.4 Å². The van der Waals surface area contributed by atoms with Crippen LogP contribution in [0, 0.1) is 0 Å². The van der Waals surface area contributed by atoms with Gasteiger partial charge in [0.1, 0.15) is 5.75 Å². The zero-order valence-electron chi connectivity index (χ0n) is 15.4. The Hall–Kier alpha value is -3.48. The van der Waals surface area contributed by atoms with Crippen LogP contribution in [0.5, 0.6) is 23.0 Å². The van der Waals surface area contributed by atoms with Crippen LogP contribution in [-0.2, 0) is 9.53 Å². The van der Waals surface area contributed by atoms with E-state index in [2.05, 4.69) is 4.99 Å². The number of esters is 1. The van der Waals surface area contributed by atoms with Gasteiger partial charge in [-0.25, -0.2) is 9.79 Å². The van der Waals surface area contributed by atoms with Crippen molar-refractivity contribution < 1.29 is 28.5 Å². The van der Waals surface area contributed by atoms with Gasteiger partial charge in [0.2, 0.25) is 11.6 Å². The topological polar surface area (TPSA) is 75.6 Å². The Morgan fingerprint density at radius 1 is 0.889 bits per heavy atom. The lowest BCUT2D eigenvalue weighted by Gasteiger charge is -2.12. The highest BCUT2D eigenvalue weighted by Crippen LogP contribution is 2.39. The number of nitrogens with zero attached hydrogens (tertiary/aromatic N) is 1. The molecule has 0 aliphatic carbocycles. The third-order valence-corrected chi connectivity index (χ3v) is 3.95. The number of cyclic esters (lactones) is 1. The Balaban J connectivity index is 2.02. The largest absolute Gasteiger partial charge is 0.496 e. The number of aliphatic imine (C=N–C) groups is 1. The van der Waals surface area contributed by atoms with Crippen molar-refractivity contribution in [3.05, 3.63) is 53.2 Å². The summed E-state index contributed by atoms with van der Waals surface area (Å²) in [5.74, 6) is 1.63. The van der Waals surface area contributed by atoms with Gasteiger partial charge in [-0.3, -0.25) is 0 Å². The van der Waals surface area contributed by atoms with Crippen molar-refractivity contribution in [1.82, 2.24) is 0 Å². The average molecular weight is 369 g/mol. The molecule has 0 saturated heterocycles. The molecule has 0 radical (unpaired) electrons. The van der Waals surface area contributed by atoms with Crippen LogP contribution in [0.25, 0.3) is 6.08 Å². The van der Waals surface area contributed by atoms with Gasteiger partial charge < -0.3 is 23.7 Å². The van der Waals surface area contributed by atoms with Crippen molar-refractivity contribution >= 4 is 17.9 Å². The highest BCUT2D eigenvalue weighted by molar-refractivity contribution is 6.13. The van der Waals surface area contributed by atoms with E-state index in [1.165, 1.54) is 21.3 Å². The van der Waals surface area contributed by atoms with Gasteiger partial charge in [0.25, 0.3) is 0 Å². The number of rotatable bonds is 6. The molecule has 27 heavy (non-hydrogen) atoms. The molecule has 0 atom stereocenters. The molecule has 140 valence electrons. The molecule has 0 N–H and O–H groups in total. The normalized spacial score (nSPS) is 14.6. The molecule has 0 amide bonds. The SMILES string of the molecule is COc1ccccc1C1=N/C(=C/c2cc(OC)c(OC)c(OC)c2)C(=O)O1. The molecule has 1 aliphatic rings. The maximum Gasteiger partial charge on any atom is 0.363 e. The summed E-state index contributed by atoms with van der Waals surface area (Å²) >= 11 is 0. The van der Waals surface area contributed by atoms with E-state index >= 15 is 0 Å². The van der Waals surface area contributed by atoms with Crippen LogP contribution >= 0.6 is 0 Å². The van der Waals surface area contributed by atoms with E-state index < -0.39 is 5.97 Å². The lowest BCUT2D eigenvalue weighted by molar-refractivity contribution is -0.129. The minimum absolute atomic E-state index is 0.158. The summed E-state index contributed by atoms with van der Waals surface area (Å²) in [5, 5.41) is 0. The van der Waals surface area contributed by atoms with Gasteiger partial charge in [0, 0.05) is 0 Å².